The fraction of sp³-hybridized carbons (Fsp3) is 0.600. The summed E-state index contributed by atoms with van der Waals surface area (Å²) >= 11 is 0. The van der Waals surface area contributed by atoms with Gasteiger partial charge >= 0.3 is 11.8 Å². The number of nitrogens with one attached hydrogen (secondary N) is 1. The van der Waals surface area contributed by atoms with Gasteiger partial charge in [-0.05, 0) is 26.8 Å². The Balaban J connectivity index is 1.58. The molecule has 23 heavy (non-hydrogen) atoms. The maximum absolute atomic E-state index is 11.8. The molecule has 1 N–H and O–H groups in total. The van der Waals surface area contributed by atoms with Gasteiger partial charge < -0.3 is 15.0 Å². The number of rotatable bonds is 3. The highest BCUT2D eigenvalue weighted by Crippen LogP contribution is 2.49. The largest absolute Gasteiger partial charge is 0.445 e. The Bertz CT molecular complexity index is 631. The smallest absolute Gasteiger partial charge is 0.407 e. The van der Waals surface area contributed by atoms with E-state index in [-0.39, 0.29) is 29.2 Å². The van der Waals surface area contributed by atoms with Crippen molar-refractivity contribution in [3.63, 3.8) is 0 Å². The monoisotopic (exact) mass is 320 g/mol. The number of nitro groups is 1. The van der Waals surface area contributed by atoms with Gasteiger partial charge in [-0.1, -0.05) is 0 Å². The SMILES string of the molecule is CC(C)(C)NC(=O)OC1C2CN(c3ncccc3[N+](=O)[O-])CC21. The van der Waals surface area contributed by atoms with Crippen molar-refractivity contribution < 1.29 is 14.5 Å². The van der Waals surface area contributed by atoms with Crippen LogP contribution in [0.2, 0.25) is 0 Å². The quantitative estimate of drug-likeness (QED) is 0.675. The van der Waals surface area contributed by atoms with Gasteiger partial charge in [0.25, 0.3) is 0 Å². The molecule has 3 rings (SSSR count). The van der Waals surface area contributed by atoms with Crippen molar-refractivity contribution in [2.45, 2.75) is 32.4 Å². The first-order valence-electron chi connectivity index (χ1n) is 7.59. The van der Waals surface area contributed by atoms with E-state index < -0.39 is 11.0 Å². The lowest BCUT2D eigenvalue weighted by Gasteiger charge is -2.22. The van der Waals surface area contributed by atoms with E-state index in [1.54, 1.807) is 12.3 Å². The first kappa shape index (κ1) is 15.5. The van der Waals surface area contributed by atoms with Gasteiger partial charge in [0, 0.05) is 42.7 Å². The van der Waals surface area contributed by atoms with Crippen LogP contribution in [0.3, 0.4) is 0 Å². The Kier molecular flexibility index (Phi) is 3.62. The van der Waals surface area contributed by atoms with Crippen molar-refractivity contribution in [1.29, 1.82) is 0 Å². The van der Waals surface area contributed by atoms with Gasteiger partial charge in [0.2, 0.25) is 5.82 Å². The third-order valence-electron chi connectivity index (χ3n) is 4.10. The van der Waals surface area contributed by atoms with Gasteiger partial charge in [-0.15, -0.1) is 0 Å². The number of hydrogen-bond donors (Lipinski definition) is 1. The lowest BCUT2D eigenvalue weighted by Crippen LogP contribution is -2.42. The van der Waals surface area contributed by atoms with E-state index in [4.69, 9.17) is 4.74 Å². The Hall–Kier alpha value is -2.38. The zero-order valence-corrected chi connectivity index (χ0v) is 13.4. The second kappa shape index (κ2) is 5.36. The van der Waals surface area contributed by atoms with Crippen LogP contribution in [0, 0.1) is 22.0 Å². The molecule has 124 valence electrons. The Morgan fingerprint density at radius 2 is 2.09 bits per heavy atom. The molecular formula is C15H20N4O4. The maximum atomic E-state index is 11.8. The number of nitrogens with zero attached hydrogens (tertiary/aromatic N) is 3. The van der Waals surface area contributed by atoms with Crippen LogP contribution in [0.4, 0.5) is 16.3 Å². The molecule has 0 spiro atoms. The fourth-order valence-electron chi connectivity index (χ4n) is 3.05. The molecule has 8 heteroatoms. The van der Waals surface area contributed by atoms with E-state index in [1.807, 2.05) is 25.7 Å². The van der Waals surface area contributed by atoms with Crippen LogP contribution in [0.15, 0.2) is 18.3 Å². The van der Waals surface area contributed by atoms with Gasteiger partial charge in [0.05, 0.1) is 4.92 Å². The normalized spacial score (nSPS) is 25.7. The third-order valence-corrected chi connectivity index (χ3v) is 4.10. The molecule has 2 fully saturated rings. The number of fused-ring (bicyclic) bond motifs is 1. The minimum absolute atomic E-state index is 0.0109. The van der Waals surface area contributed by atoms with Gasteiger partial charge in [-0.3, -0.25) is 10.1 Å². The van der Waals surface area contributed by atoms with E-state index in [0.29, 0.717) is 18.9 Å². The number of anilines is 1. The average Bonchev–Trinajstić information content (AvgIpc) is 2.90. The highest BCUT2D eigenvalue weighted by molar-refractivity contribution is 5.69. The number of piperidine rings is 1. The Morgan fingerprint density at radius 3 is 2.65 bits per heavy atom. The summed E-state index contributed by atoms with van der Waals surface area (Å²) in [5.41, 5.74) is -0.321. The van der Waals surface area contributed by atoms with Gasteiger partial charge in [0.1, 0.15) is 6.10 Å². The summed E-state index contributed by atoms with van der Waals surface area (Å²) in [6.07, 6.45) is 1.04. The molecule has 2 heterocycles. The van der Waals surface area contributed by atoms with Crippen LogP contribution < -0.4 is 10.2 Å². The number of carbonyl (C=O) groups excluding carboxylic acids is 1. The van der Waals surface area contributed by atoms with Crippen molar-refractivity contribution in [3.8, 4) is 0 Å². The van der Waals surface area contributed by atoms with Crippen LogP contribution in [-0.2, 0) is 4.74 Å². The predicted molar refractivity (Wildman–Crippen MR) is 83.2 cm³/mol. The molecule has 1 aliphatic carbocycles. The molecule has 2 unspecified atom stereocenters. The zero-order valence-electron chi connectivity index (χ0n) is 13.4. The van der Waals surface area contributed by atoms with E-state index >= 15 is 0 Å². The summed E-state index contributed by atoms with van der Waals surface area (Å²) in [5.74, 6) is 0.840. The van der Waals surface area contributed by atoms with Crippen molar-refractivity contribution in [2.75, 3.05) is 18.0 Å². The molecule has 0 aromatic carbocycles. The minimum atomic E-state index is -0.420. The predicted octanol–water partition coefficient (Wildman–Crippen LogP) is 1.95. The minimum Gasteiger partial charge on any atom is -0.445 e. The molecule has 1 aliphatic heterocycles. The standard InChI is InChI=1S/C15H20N4O4/c1-15(2,3)17-14(20)23-12-9-7-18(8-10(9)12)13-11(19(21)22)5-4-6-16-13/h4-6,9-10,12H,7-8H2,1-3H3,(H,17,20). The number of aromatic nitrogens is 1. The highest BCUT2D eigenvalue weighted by Gasteiger charge is 2.59. The Morgan fingerprint density at radius 1 is 1.43 bits per heavy atom. The van der Waals surface area contributed by atoms with Crippen LogP contribution in [0.5, 0.6) is 0 Å². The summed E-state index contributed by atoms with van der Waals surface area (Å²) in [4.78, 5) is 28.5. The van der Waals surface area contributed by atoms with Crippen molar-refractivity contribution in [1.82, 2.24) is 10.3 Å². The third kappa shape index (κ3) is 3.20. The first-order valence-corrected chi connectivity index (χ1v) is 7.59. The summed E-state index contributed by atoms with van der Waals surface area (Å²) in [6.45, 7) is 6.92. The first-order chi connectivity index (χ1) is 10.8. The molecule has 1 saturated carbocycles. The van der Waals surface area contributed by atoms with Crippen LogP contribution in [0.1, 0.15) is 20.8 Å². The second-order valence-electron chi connectivity index (χ2n) is 7.08. The summed E-state index contributed by atoms with van der Waals surface area (Å²) in [7, 11) is 0. The molecule has 1 aromatic rings. The molecule has 2 aliphatic rings. The molecule has 1 amide bonds. The molecule has 2 atom stereocenters. The van der Waals surface area contributed by atoms with Crippen LogP contribution >= 0.6 is 0 Å². The summed E-state index contributed by atoms with van der Waals surface area (Å²) in [5, 5.41) is 13.8. The van der Waals surface area contributed by atoms with E-state index in [0.717, 1.165) is 0 Å². The van der Waals surface area contributed by atoms with Gasteiger partial charge in [-0.2, -0.15) is 0 Å². The summed E-state index contributed by atoms with van der Waals surface area (Å²) in [6, 6.07) is 3.01. The molecule has 0 bridgehead atoms. The lowest BCUT2D eigenvalue weighted by molar-refractivity contribution is -0.384. The lowest BCUT2D eigenvalue weighted by atomic mass is 10.1. The topological polar surface area (TPSA) is 97.6 Å². The second-order valence-corrected chi connectivity index (χ2v) is 7.08. The van der Waals surface area contributed by atoms with E-state index in [9.17, 15) is 14.9 Å². The average molecular weight is 320 g/mol. The number of pyridine rings is 1. The van der Waals surface area contributed by atoms with Crippen molar-refractivity contribution in [2.24, 2.45) is 11.8 Å². The highest BCUT2D eigenvalue weighted by atomic mass is 16.6. The summed E-state index contributed by atoms with van der Waals surface area (Å²) < 4.78 is 5.44. The van der Waals surface area contributed by atoms with Crippen molar-refractivity contribution in [3.05, 3.63) is 28.4 Å². The molecular weight excluding hydrogens is 300 g/mol. The zero-order chi connectivity index (χ0) is 16.8. The van der Waals surface area contributed by atoms with E-state index in [2.05, 4.69) is 10.3 Å². The number of ether oxygens (including phenoxy) is 1. The molecule has 1 saturated heterocycles. The molecule has 0 radical (unpaired) electrons. The van der Waals surface area contributed by atoms with Gasteiger partial charge in [-0.25, -0.2) is 9.78 Å². The van der Waals surface area contributed by atoms with Gasteiger partial charge in [0.15, 0.2) is 0 Å². The van der Waals surface area contributed by atoms with Crippen LogP contribution in [-0.4, -0.2) is 40.7 Å². The molecule has 1 aromatic heterocycles. The Labute approximate surface area is 134 Å². The number of hydrogen-bond acceptors (Lipinski definition) is 6. The number of amides is 1. The number of alkyl carbamates (subject to hydrolysis) is 1. The maximum Gasteiger partial charge on any atom is 0.407 e. The fourth-order valence-corrected chi connectivity index (χ4v) is 3.05. The van der Waals surface area contributed by atoms with E-state index in [1.165, 1.54) is 6.07 Å². The van der Waals surface area contributed by atoms with Crippen LogP contribution in [0.25, 0.3) is 0 Å². The van der Waals surface area contributed by atoms with Crippen molar-refractivity contribution >= 4 is 17.6 Å². The number of carbonyl (C=O) groups is 1. The molecule has 8 nitrogen and oxygen atoms in total.